The van der Waals surface area contributed by atoms with Gasteiger partial charge in [-0.25, -0.2) is 4.79 Å². The molecule has 1 aliphatic rings. The summed E-state index contributed by atoms with van der Waals surface area (Å²) in [6, 6.07) is 1.53. The highest BCUT2D eigenvalue weighted by atomic mass is 16.4. The highest BCUT2D eigenvalue weighted by Crippen LogP contribution is 2.30. The Kier molecular flexibility index (Phi) is 3.76. The standard InChI is InChI=1S/C14H21NO3/c1-14(2)5-3-7-15(8-6-14)10-12-11(13(16)17)4-9-18-12/h4,9H,3,5-8,10H2,1-2H3,(H,16,17). The number of carboxylic acid groups (broad SMARTS) is 1. The van der Waals surface area contributed by atoms with Crippen LogP contribution in [-0.2, 0) is 6.54 Å². The molecule has 0 saturated carbocycles. The lowest BCUT2D eigenvalue weighted by atomic mass is 9.85. The number of nitrogens with zero attached hydrogens (tertiary/aromatic N) is 1. The van der Waals surface area contributed by atoms with Crippen molar-refractivity contribution >= 4 is 5.97 Å². The Morgan fingerprint density at radius 3 is 2.94 bits per heavy atom. The van der Waals surface area contributed by atoms with E-state index in [-0.39, 0.29) is 0 Å². The molecule has 18 heavy (non-hydrogen) atoms. The predicted octanol–water partition coefficient (Wildman–Crippen LogP) is 2.99. The van der Waals surface area contributed by atoms with Crippen molar-refractivity contribution in [1.82, 2.24) is 4.90 Å². The number of hydrogen-bond acceptors (Lipinski definition) is 3. The van der Waals surface area contributed by atoms with Crippen molar-refractivity contribution in [3.63, 3.8) is 0 Å². The van der Waals surface area contributed by atoms with Gasteiger partial charge in [0, 0.05) is 0 Å². The lowest BCUT2D eigenvalue weighted by Gasteiger charge is -2.22. The van der Waals surface area contributed by atoms with Gasteiger partial charge >= 0.3 is 5.97 Å². The molecule has 1 aromatic heterocycles. The minimum atomic E-state index is -0.908. The van der Waals surface area contributed by atoms with Crippen molar-refractivity contribution in [1.29, 1.82) is 0 Å². The van der Waals surface area contributed by atoms with Crippen molar-refractivity contribution < 1.29 is 14.3 Å². The summed E-state index contributed by atoms with van der Waals surface area (Å²) in [5.74, 6) is -0.337. The molecule has 0 spiro atoms. The number of aromatic carboxylic acids is 1. The van der Waals surface area contributed by atoms with Crippen LogP contribution in [-0.4, -0.2) is 29.1 Å². The molecule has 0 radical (unpaired) electrons. The fourth-order valence-electron chi connectivity index (χ4n) is 2.49. The van der Waals surface area contributed by atoms with E-state index in [2.05, 4.69) is 18.7 Å². The third-order valence-electron chi connectivity index (χ3n) is 3.78. The average Bonchev–Trinajstić information content (AvgIpc) is 2.66. The van der Waals surface area contributed by atoms with Crippen LogP contribution in [0, 0.1) is 5.41 Å². The van der Waals surface area contributed by atoms with Crippen LogP contribution in [0.2, 0.25) is 0 Å². The van der Waals surface area contributed by atoms with Gasteiger partial charge in [-0.2, -0.15) is 0 Å². The fourth-order valence-corrected chi connectivity index (χ4v) is 2.49. The van der Waals surface area contributed by atoms with Gasteiger partial charge in [-0.15, -0.1) is 0 Å². The van der Waals surface area contributed by atoms with Gasteiger partial charge in [0.05, 0.1) is 12.8 Å². The van der Waals surface area contributed by atoms with E-state index in [4.69, 9.17) is 9.52 Å². The first-order chi connectivity index (χ1) is 8.48. The molecule has 1 fully saturated rings. The Morgan fingerprint density at radius 1 is 1.44 bits per heavy atom. The second-order valence-corrected chi connectivity index (χ2v) is 5.86. The molecule has 1 saturated heterocycles. The summed E-state index contributed by atoms with van der Waals surface area (Å²) in [7, 11) is 0. The lowest BCUT2D eigenvalue weighted by molar-refractivity contribution is 0.0692. The van der Waals surface area contributed by atoms with Gasteiger partial charge in [0.1, 0.15) is 11.3 Å². The molecular weight excluding hydrogens is 230 g/mol. The van der Waals surface area contributed by atoms with Crippen LogP contribution in [0.3, 0.4) is 0 Å². The lowest BCUT2D eigenvalue weighted by Crippen LogP contribution is -2.25. The van der Waals surface area contributed by atoms with Gasteiger partial charge in [0.15, 0.2) is 0 Å². The largest absolute Gasteiger partial charge is 0.478 e. The molecule has 0 amide bonds. The van der Waals surface area contributed by atoms with E-state index in [1.165, 1.54) is 18.8 Å². The summed E-state index contributed by atoms with van der Waals surface area (Å²) < 4.78 is 5.30. The maximum atomic E-state index is 11.0. The van der Waals surface area contributed by atoms with E-state index in [1.54, 1.807) is 0 Å². The molecule has 0 aliphatic carbocycles. The maximum absolute atomic E-state index is 11.0. The molecular formula is C14H21NO3. The monoisotopic (exact) mass is 251 g/mol. The van der Waals surface area contributed by atoms with E-state index in [0.29, 0.717) is 23.3 Å². The number of rotatable bonds is 3. The molecule has 0 bridgehead atoms. The molecule has 100 valence electrons. The van der Waals surface area contributed by atoms with Gasteiger partial charge < -0.3 is 9.52 Å². The van der Waals surface area contributed by atoms with Crippen molar-refractivity contribution in [3.05, 3.63) is 23.7 Å². The van der Waals surface area contributed by atoms with Crippen LogP contribution < -0.4 is 0 Å². The van der Waals surface area contributed by atoms with E-state index in [0.717, 1.165) is 25.9 Å². The normalized spacial score (nSPS) is 20.6. The summed E-state index contributed by atoms with van der Waals surface area (Å²) in [6.45, 7) is 7.22. The number of likely N-dealkylation sites (tertiary alicyclic amines) is 1. The topological polar surface area (TPSA) is 53.7 Å². The fraction of sp³-hybridized carbons (Fsp3) is 0.643. The summed E-state index contributed by atoms with van der Waals surface area (Å²) in [6.07, 6.45) is 5.00. The van der Waals surface area contributed by atoms with Gasteiger partial charge in [0.2, 0.25) is 0 Å². The molecule has 2 heterocycles. The second-order valence-electron chi connectivity index (χ2n) is 5.86. The van der Waals surface area contributed by atoms with Gasteiger partial charge in [-0.05, 0) is 43.8 Å². The smallest absolute Gasteiger partial charge is 0.339 e. The summed E-state index contributed by atoms with van der Waals surface area (Å²) in [5, 5.41) is 9.04. The molecule has 1 N–H and O–H groups in total. The van der Waals surface area contributed by atoms with Crippen molar-refractivity contribution in [2.45, 2.75) is 39.7 Å². The van der Waals surface area contributed by atoms with Crippen LogP contribution in [0.25, 0.3) is 0 Å². The molecule has 4 heteroatoms. The zero-order chi connectivity index (χ0) is 13.2. The number of furan rings is 1. The van der Waals surface area contributed by atoms with Crippen LogP contribution in [0.4, 0.5) is 0 Å². The van der Waals surface area contributed by atoms with E-state index >= 15 is 0 Å². The zero-order valence-electron chi connectivity index (χ0n) is 11.1. The van der Waals surface area contributed by atoms with Crippen molar-refractivity contribution in [3.8, 4) is 0 Å². The molecule has 0 atom stereocenters. The average molecular weight is 251 g/mol. The Hall–Kier alpha value is -1.29. The summed E-state index contributed by atoms with van der Waals surface area (Å²) >= 11 is 0. The predicted molar refractivity (Wildman–Crippen MR) is 68.6 cm³/mol. The quantitative estimate of drug-likeness (QED) is 0.897. The Balaban J connectivity index is 2.01. The first-order valence-corrected chi connectivity index (χ1v) is 6.50. The zero-order valence-corrected chi connectivity index (χ0v) is 11.1. The van der Waals surface area contributed by atoms with Crippen LogP contribution in [0.1, 0.15) is 49.2 Å². The third kappa shape index (κ3) is 3.13. The van der Waals surface area contributed by atoms with Crippen molar-refractivity contribution in [2.75, 3.05) is 13.1 Å². The van der Waals surface area contributed by atoms with Crippen LogP contribution >= 0.6 is 0 Å². The molecule has 1 aromatic rings. The Morgan fingerprint density at radius 2 is 2.22 bits per heavy atom. The highest BCUT2D eigenvalue weighted by molar-refractivity contribution is 5.88. The van der Waals surface area contributed by atoms with E-state index in [9.17, 15) is 4.79 Å². The first kappa shape index (κ1) is 13.1. The SMILES string of the molecule is CC1(C)CCCN(Cc2occc2C(=O)O)CC1. The maximum Gasteiger partial charge on any atom is 0.339 e. The molecule has 2 rings (SSSR count). The van der Waals surface area contributed by atoms with Crippen LogP contribution in [0.15, 0.2) is 16.7 Å². The summed E-state index contributed by atoms with van der Waals surface area (Å²) in [5.41, 5.74) is 0.687. The molecule has 4 nitrogen and oxygen atoms in total. The van der Waals surface area contributed by atoms with Gasteiger partial charge in [-0.3, -0.25) is 4.90 Å². The van der Waals surface area contributed by atoms with E-state index in [1.807, 2.05) is 0 Å². The minimum Gasteiger partial charge on any atom is -0.478 e. The number of hydrogen-bond donors (Lipinski definition) is 1. The second kappa shape index (κ2) is 5.14. The summed E-state index contributed by atoms with van der Waals surface area (Å²) in [4.78, 5) is 13.3. The Labute approximate surface area is 108 Å². The van der Waals surface area contributed by atoms with E-state index < -0.39 is 5.97 Å². The minimum absolute atomic E-state index is 0.290. The highest BCUT2D eigenvalue weighted by Gasteiger charge is 2.24. The number of carbonyl (C=O) groups is 1. The van der Waals surface area contributed by atoms with Gasteiger partial charge in [0.25, 0.3) is 0 Å². The van der Waals surface area contributed by atoms with Gasteiger partial charge in [-0.1, -0.05) is 13.8 Å². The van der Waals surface area contributed by atoms with Crippen molar-refractivity contribution in [2.24, 2.45) is 5.41 Å². The van der Waals surface area contributed by atoms with Crippen LogP contribution in [0.5, 0.6) is 0 Å². The molecule has 1 aliphatic heterocycles. The molecule has 0 unspecified atom stereocenters. The molecule has 0 aromatic carbocycles. The third-order valence-corrected chi connectivity index (χ3v) is 3.78. The first-order valence-electron chi connectivity index (χ1n) is 6.50. The number of carboxylic acids is 1. The Bertz CT molecular complexity index is 422.